The van der Waals surface area contributed by atoms with Gasteiger partial charge in [-0.2, -0.15) is 0 Å². The van der Waals surface area contributed by atoms with Gasteiger partial charge >= 0.3 is 0 Å². The van der Waals surface area contributed by atoms with Gasteiger partial charge in [-0.25, -0.2) is 0 Å². The summed E-state index contributed by atoms with van der Waals surface area (Å²) < 4.78 is 1.15. The second-order valence-electron chi connectivity index (χ2n) is 5.26. The molecule has 0 aliphatic carbocycles. The summed E-state index contributed by atoms with van der Waals surface area (Å²) in [6, 6.07) is 16.9. The number of aryl methyl sites for hydroxylation is 1. The molecule has 0 spiro atoms. The summed E-state index contributed by atoms with van der Waals surface area (Å²) in [5.74, 6) is 0.292. The van der Waals surface area contributed by atoms with Crippen LogP contribution in [0.4, 0.5) is 0 Å². The number of carbonyl (C=O) groups excluding carboxylic acids is 1. The van der Waals surface area contributed by atoms with Crippen molar-refractivity contribution in [1.29, 1.82) is 0 Å². The Morgan fingerprint density at radius 3 is 2.27 bits per heavy atom. The van der Waals surface area contributed by atoms with Gasteiger partial charge in [0.2, 0.25) is 5.91 Å². The van der Waals surface area contributed by atoms with Crippen LogP contribution in [0, 0.1) is 6.92 Å². The van der Waals surface area contributed by atoms with E-state index < -0.39 is 0 Å². The molecule has 0 bridgehead atoms. The summed E-state index contributed by atoms with van der Waals surface area (Å²) in [4.78, 5) is 14.8. The van der Waals surface area contributed by atoms with Crippen molar-refractivity contribution in [1.82, 2.24) is 4.90 Å². The van der Waals surface area contributed by atoms with E-state index >= 15 is 0 Å². The number of rotatable bonds is 2. The lowest BCUT2D eigenvalue weighted by molar-refractivity contribution is -0.126. The van der Waals surface area contributed by atoms with E-state index in [0.717, 1.165) is 23.9 Å². The van der Waals surface area contributed by atoms with Gasteiger partial charge in [0.05, 0.1) is 0 Å². The molecule has 3 rings (SSSR count). The maximum atomic E-state index is 10.5. The Balaban J connectivity index is 0.000000211. The van der Waals surface area contributed by atoms with Gasteiger partial charge in [-0.05, 0) is 53.5 Å². The van der Waals surface area contributed by atoms with E-state index in [2.05, 4.69) is 65.3 Å². The van der Waals surface area contributed by atoms with Crippen LogP contribution in [0.25, 0.3) is 0 Å². The monoisotopic (exact) mass is 377 g/mol. The number of benzene rings is 2. The Morgan fingerprint density at radius 2 is 1.77 bits per heavy atom. The van der Waals surface area contributed by atoms with Gasteiger partial charge in [0.25, 0.3) is 0 Å². The number of amides is 1. The number of halogens is 1. The fraction of sp³-hybridized carbons (Fsp3) is 0.278. The van der Waals surface area contributed by atoms with E-state index in [-0.39, 0.29) is 0 Å². The van der Waals surface area contributed by atoms with E-state index in [4.69, 9.17) is 0 Å². The highest BCUT2D eigenvalue weighted by molar-refractivity contribution is 9.10. The van der Waals surface area contributed by atoms with Crippen molar-refractivity contribution in [2.45, 2.75) is 29.6 Å². The maximum Gasteiger partial charge on any atom is 0.222 e. The van der Waals surface area contributed by atoms with Crippen molar-refractivity contribution in [3.8, 4) is 0 Å². The smallest absolute Gasteiger partial charge is 0.222 e. The lowest BCUT2D eigenvalue weighted by Crippen LogP contribution is -2.17. The van der Waals surface area contributed by atoms with Crippen molar-refractivity contribution >= 4 is 33.6 Å². The van der Waals surface area contributed by atoms with Gasteiger partial charge in [-0.3, -0.25) is 4.79 Å². The van der Waals surface area contributed by atoms with Crippen molar-refractivity contribution < 1.29 is 4.79 Å². The molecule has 0 unspecified atom stereocenters. The lowest BCUT2D eigenvalue weighted by Gasteiger charge is -2.03. The topological polar surface area (TPSA) is 20.3 Å². The van der Waals surface area contributed by atoms with Crippen molar-refractivity contribution in [2.75, 3.05) is 13.6 Å². The highest BCUT2D eigenvalue weighted by Gasteiger charge is 2.14. The molecule has 4 heteroatoms. The van der Waals surface area contributed by atoms with Gasteiger partial charge < -0.3 is 4.90 Å². The minimum Gasteiger partial charge on any atom is -0.346 e. The molecule has 0 saturated carbocycles. The van der Waals surface area contributed by atoms with Crippen LogP contribution in [0.1, 0.15) is 18.4 Å². The van der Waals surface area contributed by atoms with Crippen LogP contribution >= 0.6 is 27.7 Å². The Bertz CT molecular complexity index is 627. The summed E-state index contributed by atoms with van der Waals surface area (Å²) in [6.45, 7) is 3.06. The average Bonchev–Trinajstić information content (AvgIpc) is 2.88. The minimum atomic E-state index is 0.292. The third kappa shape index (κ3) is 5.18. The number of carbonyl (C=O) groups is 1. The molecule has 1 amide bonds. The highest BCUT2D eigenvalue weighted by Crippen LogP contribution is 2.33. The van der Waals surface area contributed by atoms with E-state index in [1.54, 1.807) is 16.7 Å². The molecule has 1 fully saturated rings. The third-order valence-corrected chi connectivity index (χ3v) is 5.43. The van der Waals surface area contributed by atoms with E-state index in [1.165, 1.54) is 15.4 Å². The first kappa shape index (κ1) is 17.1. The van der Waals surface area contributed by atoms with Crippen LogP contribution < -0.4 is 0 Å². The largest absolute Gasteiger partial charge is 0.346 e. The second-order valence-corrected chi connectivity index (χ2v) is 7.23. The molecular weight excluding hydrogens is 358 g/mol. The summed E-state index contributed by atoms with van der Waals surface area (Å²) in [5, 5.41) is 0. The van der Waals surface area contributed by atoms with Crippen LogP contribution in [0.3, 0.4) is 0 Å². The SMILES string of the molecule is CN1CCCC1=O.Cc1ccc(Sc2ccccc2Br)cc1. The molecule has 1 aliphatic rings. The molecule has 2 aromatic rings. The Kier molecular flexibility index (Phi) is 6.52. The predicted octanol–water partition coefficient (Wildman–Crippen LogP) is 5.15. The van der Waals surface area contributed by atoms with E-state index in [9.17, 15) is 4.79 Å². The quantitative estimate of drug-likeness (QED) is 0.721. The van der Waals surface area contributed by atoms with Crippen LogP contribution in [-0.4, -0.2) is 24.4 Å². The number of likely N-dealkylation sites (tertiary alicyclic amines) is 1. The van der Waals surface area contributed by atoms with Crippen LogP contribution in [0.5, 0.6) is 0 Å². The Labute approximate surface area is 145 Å². The number of nitrogens with zero attached hydrogens (tertiary/aromatic N) is 1. The molecule has 0 atom stereocenters. The van der Waals surface area contributed by atoms with Crippen LogP contribution in [0.2, 0.25) is 0 Å². The van der Waals surface area contributed by atoms with E-state index in [0.29, 0.717) is 5.91 Å². The predicted molar refractivity (Wildman–Crippen MR) is 96.3 cm³/mol. The molecule has 22 heavy (non-hydrogen) atoms. The van der Waals surface area contributed by atoms with Gasteiger partial charge in [0.1, 0.15) is 0 Å². The van der Waals surface area contributed by atoms with Crippen LogP contribution in [0.15, 0.2) is 62.8 Å². The maximum absolute atomic E-state index is 10.5. The zero-order valence-corrected chi connectivity index (χ0v) is 15.3. The first-order valence-corrected chi connectivity index (χ1v) is 8.90. The summed E-state index contributed by atoms with van der Waals surface area (Å²) >= 11 is 5.32. The van der Waals surface area contributed by atoms with Crippen LogP contribution in [-0.2, 0) is 4.79 Å². The average molecular weight is 378 g/mol. The van der Waals surface area contributed by atoms with Gasteiger partial charge in [-0.1, -0.05) is 41.6 Å². The molecule has 2 nitrogen and oxygen atoms in total. The van der Waals surface area contributed by atoms with Gasteiger partial charge in [-0.15, -0.1) is 0 Å². The summed E-state index contributed by atoms with van der Waals surface area (Å²) in [7, 11) is 1.84. The second kappa shape index (κ2) is 8.39. The third-order valence-electron chi connectivity index (χ3n) is 3.40. The highest BCUT2D eigenvalue weighted by atomic mass is 79.9. The molecule has 1 saturated heterocycles. The fourth-order valence-corrected chi connectivity index (χ4v) is 3.41. The zero-order chi connectivity index (χ0) is 15.9. The molecule has 0 N–H and O–H groups in total. The van der Waals surface area contributed by atoms with E-state index in [1.807, 2.05) is 13.1 Å². The lowest BCUT2D eigenvalue weighted by atomic mass is 10.2. The van der Waals surface area contributed by atoms with Crippen molar-refractivity contribution in [2.24, 2.45) is 0 Å². The first-order valence-electron chi connectivity index (χ1n) is 7.29. The molecule has 116 valence electrons. The molecule has 0 radical (unpaired) electrons. The molecule has 1 aliphatic heterocycles. The Hall–Kier alpha value is -1.26. The number of hydrogen-bond acceptors (Lipinski definition) is 2. The van der Waals surface area contributed by atoms with Gasteiger partial charge in [0, 0.05) is 34.3 Å². The Morgan fingerprint density at radius 1 is 1.09 bits per heavy atom. The standard InChI is InChI=1S/C13H11BrS.C5H9NO/c1-10-6-8-11(9-7-10)15-13-5-3-2-4-12(13)14;1-6-4-2-3-5(6)7/h2-9H,1H3;2-4H2,1H3. The van der Waals surface area contributed by atoms with Crippen molar-refractivity contribution in [3.05, 3.63) is 58.6 Å². The molecule has 1 heterocycles. The molecular formula is C18H20BrNOS. The summed E-state index contributed by atoms with van der Waals surface area (Å²) in [5.41, 5.74) is 1.30. The number of hydrogen-bond donors (Lipinski definition) is 0. The fourth-order valence-electron chi connectivity index (χ4n) is 2.04. The first-order chi connectivity index (χ1) is 10.6. The molecule has 2 aromatic carbocycles. The van der Waals surface area contributed by atoms with Gasteiger partial charge in [0.15, 0.2) is 0 Å². The minimum absolute atomic E-state index is 0.292. The summed E-state index contributed by atoms with van der Waals surface area (Å²) in [6.07, 6.45) is 1.81. The van der Waals surface area contributed by atoms with Crippen molar-refractivity contribution in [3.63, 3.8) is 0 Å². The zero-order valence-electron chi connectivity index (χ0n) is 12.9. The normalized spacial score (nSPS) is 13.8. The molecule has 0 aromatic heterocycles.